The van der Waals surface area contributed by atoms with Crippen molar-refractivity contribution >= 4 is 30.2 Å². The van der Waals surface area contributed by atoms with Crippen LogP contribution in [-0.2, 0) is 24.0 Å². The van der Waals surface area contributed by atoms with Crippen LogP contribution in [0.2, 0.25) is 0 Å². The number of fused-ring (bicyclic) bond motifs is 3. The molecule has 0 fully saturated rings. The molecule has 0 radical (unpaired) electrons. The summed E-state index contributed by atoms with van der Waals surface area (Å²) in [6.07, 6.45) is -0.493. The number of aliphatic carboxylic acids is 2. The number of carboxylic acids is 2. The van der Waals surface area contributed by atoms with Crippen molar-refractivity contribution in [2.24, 2.45) is 5.16 Å². The molecule has 0 bridgehead atoms. The molecule has 0 unspecified atom stereocenters. The highest BCUT2D eigenvalue weighted by molar-refractivity contribution is 6.21. The van der Waals surface area contributed by atoms with Gasteiger partial charge in [0.1, 0.15) is 12.6 Å². The minimum absolute atomic E-state index is 0.00792. The number of benzene rings is 2. The minimum atomic E-state index is -1.45. The highest BCUT2D eigenvalue weighted by Gasteiger charge is 2.29. The molecule has 33 heavy (non-hydrogen) atoms. The highest BCUT2D eigenvalue weighted by atomic mass is 16.6. The lowest BCUT2D eigenvalue weighted by molar-refractivity contribution is -0.139. The Hall–Kier alpha value is -4.41. The van der Waals surface area contributed by atoms with E-state index in [2.05, 4.69) is 20.6 Å². The predicted molar refractivity (Wildman–Crippen MR) is 115 cm³/mol. The Kier molecular flexibility index (Phi) is 7.58. The van der Waals surface area contributed by atoms with Crippen LogP contribution in [0.1, 0.15) is 17.0 Å². The summed E-state index contributed by atoms with van der Waals surface area (Å²) >= 11 is 0. The molecule has 0 saturated carbocycles. The fraction of sp³-hybridized carbons (Fsp3) is 0.227. The number of carbonyl (C=O) groups is 4. The molecule has 0 heterocycles. The molecule has 0 spiro atoms. The van der Waals surface area contributed by atoms with Crippen molar-refractivity contribution in [1.29, 1.82) is 0 Å². The first-order valence-electron chi connectivity index (χ1n) is 9.86. The van der Waals surface area contributed by atoms with Gasteiger partial charge in [0.15, 0.2) is 12.8 Å². The maximum atomic E-state index is 12.2. The van der Waals surface area contributed by atoms with Gasteiger partial charge in [0.25, 0.3) is 5.91 Å². The van der Waals surface area contributed by atoms with Gasteiger partial charge in [0, 0.05) is 12.5 Å². The number of carboxylic acid groups (broad SMARTS) is 2. The van der Waals surface area contributed by atoms with Crippen molar-refractivity contribution in [3.8, 4) is 11.1 Å². The largest absolute Gasteiger partial charge is 0.480 e. The van der Waals surface area contributed by atoms with E-state index in [1.54, 1.807) is 0 Å². The first kappa shape index (κ1) is 23.3. The molecule has 0 aromatic heterocycles. The molecule has 3 rings (SSSR count). The van der Waals surface area contributed by atoms with E-state index in [-0.39, 0.29) is 12.5 Å². The number of ether oxygens (including phenoxy) is 1. The van der Waals surface area contributed by atoms with Crippen molar-refractivity contribution in [3.05, 3.63) is 59.7 Å². The second-order valence-corrected chi connectivity index (χ2v) is 7.01. The van der Waals surface area contributed by atoms with Crippen LogP contribution < -0.4 is 10.6 Å². The van der Waals surface area contributed by atoms with Gasteiger partial charge >= 0.3 is 18.0 Å². The third-order valence-electron chi connectivity index (χ3n) is 4.87. The Balaban J connectivity index is 1.52. The fourth-order valence-corrected chi connectivity index (χ4v) is 3.43. The maximum absolute atomic E-state index is 12.2. The number of rotatable bonds is 10. The first-order valence-corrected chi connectivity index (χ1v) is 9.86. The molecular formula is C22H21N3O8. The second kappa shape index (κ2) is 10.8. The zero-order chi connectivity index (χ0) is 23.8. The summed E-state index contributed by atoms with van der Waals surface area (Å²) in [6, 6.07) is 14.1. The molecule has 4 N–H and O–H groups in total. The van der Waals surface area contributed by atoms with E-state index in [1.807, 2.05) is 48.5 Å². The van der Waals surface area contributed by atoms with E-state index in [9.17, 15) is 24.3 Å². The van der Waals surface area contributed by atoms with E-state index < -0.39 is 43.1 Å². The number of amides is 2. The van der Waals surface area contributed by atoms with Crippen molar-refractivity contribution in [1.82, 2.24) is 10.6 Å². The smallest absolute Gasteiger partial charge is 0.407 e. The quantitative estimate of drug-likeness (QED) is 0.306. The molecule has 11 heteroatoms. The summed E-state index contributed by atoms with van der Waals surface area (Å²) in [5.41, 5.74) is 4.14. The van der Waals surface area contributed by atoms with Crippen LogP contribution in [0.5, 0.6) is 0 Å². The number of nitrogens with zero attached hydrogens (tertiary/aromatic N) is 1. The molecule has 1 atom stereocenters. The molecule has 1 aliphatic rings. The monoisotopic (exact) mass is 455 g/mol. The second-order valence-electron chi connectivity index (χ2n) is 7.01. The molecular weight excluding hydrogens is 434 g/mol. The lowest BCUT2D eigenvalue weighted by Crippen LogP contribution is -2.49. The van der Waals surface area contributed by atoms with Crippen LogP contribution in [0.4, 0.5) is 4.79 Å². The Morgan fingerprint density at radius 1 is 1.00 bits per heavy atom. The molecule has 11 nitrogen and oxygen atoms in total. The minimum Gasteiger partial charge on any atom is -0.480 e. The van der Waals surface area contributed by atoms with Crippen LogP contribution in [-0.4, -0.2) is 66.2 Å². The topological polar surface area (TPSA) is 164 Å². The van der Waals surface area contributed by atoms with Gasteiger partial charge in [-0.1, -0.05) is 53.7 Å². The number of hydrogen-bond acceptors (Lipinski definition) is 7. The fourth-order valence-electron chi connectivity index (χ4n) is 3.43. The molecule has 172 valence electrons. The van der Waals surface area contributed by atoms with Crippen molar-refractivity contribution in [3.63, 3.8) is 0 Å². The molecule has 1 aliphatic carbocycles. The van der Waals surface area contributed by atoms with E-state index >= 15 is 0 Å². The number of carbonyl (C=O) groups excluding carboxylic acids is 2. The van der Waals surface area contributed by atoms with Gasteiger partial charge in [-0.2, -0.15) is 0 Å². The lowest BCUT2D eigenvalue weighted by atomic mass is 9.98. The van der Waals surface area contributed by atoms with Gasteiger partial charge < -0.3 is 30.4 Å². The standard InChI is InChI=1S/C22H21N3O8/c26-19(12-33-24-10-20(27)28)23-9-18(21(29)30)25-22(31)32-11-17-15-7-3-1-5-13(15)14-6-2-4-8-16(14)17/h1-8,10,17-18H,9,11-12H2,(H,23,26)(H,25,31)(H,27,28)(H,29,30)/b24-10+/t18-/m0/s1. The van der Waals surface area contributed by atoms with Crippen LogP contribution in [0.25, 0.3) is 11.1 Å². The first-order chi connectivity index (χ1) is 15.9. The summed E-state index contributed by atoms with van der Waals surface area (Å²) in [5, 5.41) is 25.1. The van der Waals surface area contributed by atoms with Crippen molar-refractivity contribution in [2.75, 3.05) is 19.8 Å². The molecule has 2 aromatic carbocycles. The third kappa shape index (κ3) is 6.06. The average molecular weight is 455 g/mol. The summed E-state index contributed by atoms with van der Waals surface area (Å²) in [7, 11) is 0. The van der Waals surface area contributed by atoms with Crippen LogP contribution in [0.3, 0.4) is 0 Å². The number of nitrogens with one attached hydrogen (secondary N) is 2. The van der Waals surface area contributed by atoms with Crippen molar-refractivity contribution in [2.45, 2.75) is 12.0 Å². The summed E-state index contributed by atoms with van der Waals surface area (Å²) in [6.45, 7) is -1.06. The Morgan fingerprint density at radius 3 is 2.18 bits per heavy atom. The van der Waals surface area contributed by atoms with Gasteiger partial charge in [0.2, 0.25) is 0 Å². The maximum Gasteiger partial charge on any atom is 0.407 e. The van der Waals surface area contributed by atoms with E-state index in [1.165, 1.54) is 0 Å². The van der Waals surface area contributed by atoms with E-state index in [4.69, 9.17) is 9.84 Å². The molecule has 0 aliphatic heterocycles. The Labute approximate surface area is 188 Å². The number of hydrogen-bond donors (Lipinski definition) is 4. The Morgan fingerprint density at radius 2 is 1.61 bits per heavy atom. The summed E-state index contributed by atoms with van der Waals surface area (Å²) < 4.78 is 5.30. The summed E-state index contributed by atoms with van der Waals surface area (Å²) in [5.74, 6) is -3.67. The highest BCUT2D eigenvalue weighted by Crippen LogP contribution is 2.44. The molecule has 2 amide bonds. The zero-order valence-corrected chi connectivity index (χ0v) is 17.3. The van der Waals surface area contributed by atoms with Crippen LogP contribution >= 0.6 is 0 Å². The van der Waals surface area contributed by atoms with Crippen molar-refractivity contribution < 1.29 is 39.0 Å². The zero-order valence-electron chi connectivity index (χ0n) is 17.3. The van der Waals surface area contributed by atoms with Gasteiger partial charge in [-0.15, -0.1) is 0 Å². The van der Waals surface area contributed by atoms with Gasteiger partial charge in [-0.3, -0.25) is 4.79 Å². The van der Waals surface area contributed by atoms with Gasteiger partial charge in [0.05, 0.1) is 0 Å². The van der Waals surface area contributed by atoms with Gasteiger partial charge in [-0.25, -0.2) is 14.4 Å². The van der Waals surface area contributed by atoms with Crippen LogP contribution in [0, 0.1) is 0 Å². The lowest BCUT2D eigenvalue weighted by Gasteiger charge is -2.17. The normalized spacial score (nSPS) is 13.0. The molecule has 2 aromatic rings. The number of alkyl carbamates (subject to hydrolysis) is 1. The van der Waals surface area contributed by atoms with E-state index in [0.717, 1.165) is 22.3 Å². The average Bonchev–Trinajstić information content (AvgIpc) is 3.11. The van der Waals surface area contributed by atoms with E-state index in [0.29, 0.717) is 6.21 Å². The predicted octanol–water partition coefficient (Wildman–Crippen LogP) is 1.18. The van der Waals surface area contributed by atoms with Crippen LogP contribution in [0.15, 0.2) is 53.7 Å². The SMILES string of the molecule is O=C(O)/C=N/OCC(=O)NC[C@H](NC(=O)OCC1c2ccccc2-c2ccccc21)C(=O)O. The summed E-state index contributed by atoms with van der Waals surface area (Å²) in [4.78, 5) is 50.0. The third-order valence-corrected chi connectivity index (χ3v) is 4.87. The molecule has 0 saturated heterocycles. The number of oxime groups is 1. The van der Waals surface area contributed by atoms with Gasteiger partial charge in [-0.05, 0) is 22.3 Å². The Bertz CT molecular complexity index is 1040.